The highest BCUT2D eigenvalue weighted by Gasteiger charge is 2.01. The van der Waals surface area contributed by atoms with Crippen LogP contribution >= 0.6 is 0 Å². The third-order valence-electron chi connectivity index (χ3n) is 2.92. The standard InChI is InChI=1S/C14H22.C3H6O2/c1-4-7-13-8-5-6-9-14(13)11-10-12(2)3;1-3(4)5-2/h5-6,8-9,12H,4,7,10-11H2,1-3H3;1-2H3. The maximum Gasteiger partial charge on any atom is 0.302 e. The molecule has 0 aliphatic rings. The van der Waals surface area contributed by atoms with Crippen molar-refractivity contribution in [1.82, 2.24) is 0 Å². The smallest absolute Gasteiger partial charge is 0.302 e. The SMILES string of the molecule is CCCc1ccccc1CCC(C)C.COC(C)=O. The number of methoxy groups -OCH3 is 1. The molecule has 0 aromatic heterocycles. The molecule has 0 spiro atoms. The highest BCUT2D eigenvalue weighted by molar-refractivity contribution is 5.65. The fraction of sp³-hybridized carbons (Fsp3) is 0.588. The molecule has 0 saturated heterocycles. The van der Waals surface area contributed by atoms with Crippen LogP contribution in [0.25, 0.3) is 0 Å². The second kappa shape index (κ2) is 10.6. The minimum Gasteiger partial charge on any atom is -0.469 e. The number of benzene rings is 1. The average Bonchev–Trinajstić information content (AvgIpc) is 2.38. The molecule has 0 heterocycles. The Balaban J connectivity index is 0.000000555. The lowest BCUT2D eigenvalue weighted by molar-refractivity contribution is -0.137. The number of hydrogen-bond acceptors (Lipinski definition) is 2. The number of esters is 1. The van der Waals surface area contributed by atoms with E-state index in [4.69, 9.17) is 0 Å². The van der Waals surface area contributed by atoms with Gasteiger partial charge in [-0.25, -0.2) is 0 Å². The zero-order valence-corrected chi connectivity index (χ0v) is 13.0. The highest BCUT2D eigenvalue weighted by Crippen LogP contribution is 2.15. The van der Waals surface area contributed by atoms with Crippen LogP contribution in [0.4, 0.5) is 0 Å². The van der Waals surface area contributed by atoms with Gasteiger partial charge in [-0.2, -0.15) is 0 Å². The van der Waals surface area contributed by atoms with E-state index in [1.807, 2.05) is 0 Å². The Labute approximate surface area is 118 Å². The third kappa shape index (κ3) is 9.29. The van der Waals surface area contributed by atoms with E-state index in [1.54, 1.807) is 11.1 Å². The van der Waals surface area contributed by atoms with Crippen LogP contribution in [0.1, 0.15) is 51.7 Å². The van der Waals surface area contributed by atoms with Crippen molar-refractivity contribution >= 4 is 5.97 Å². The summed E-state index contributed by atoms with van der Waals surface area (Å²) in [5.74, 6) is 0.565. The van der Waals surface area contributed by atoms with Gasteiger partial charge in [0.05, 0.1) is 7.11 Å². The molecule has 0 bridgehead atoms. The quantitative estimate of drug-likeness (QED) is 0.736. The molecule has 1 aromatic carbocycles. The summed E-state index contributed by atoms with van der Waals surface area (Å²) in [7, 11) is 1.35. The molecule has 0 fully saturated rings. The van der Waals surface area contributed by atoms with Crippen LogP contribution in [0.15, 0.2) is 24.3 Å². The lowest BCUT2D eigenvalue weighted by atomic mass is 9.96. The Bertz CT molecular complexity index is 356. The molecule has 0 radical (unpaired) electrons. The summed E-state index contributed by atoms with van der Waals surface area (Å²) in [6.45, 7) is 8.20. The summed E-state index contributed by atoms with van der Waals surface area (Å²) in [6.07, 6.45) is 5.03. The summed E-state index contributed by atoms with van der Waals surface area (Å²) < 4.78 is 4.11. The van der Waals surface area contributed by atoms with Crippen LogP contribution in [0, 0.1) is 5.92 Å². The van der Waals surface area contributed by atoms with E-state index < -0.39 is 0 Å². The first-order valence-corrected chi connectivity index (χ1v) is 7.12. The predicted molar refractivity (Wildman–Crippen MR) is 81.3 cm³/mol. The van der Waals surface area contributed by atoms with Gasteiger partial charge in [0.25, 0.3) is 0 Å². The Morgan fingerprint density at radius 3 is 2.00 bits per heavy atom. The summed E-state index contributed by atoms with van der Waals surface area (Å²) in [6, 6.07) is 8.88. The number of carbonyl (C=O) groups is 1. The lowest BCUT2D eigenvalue weighted by Crippen LogP contribution is -1.97. The normalized spacial score (nSPS) is 9.79. The van der Waals surface area contributed by atoms with Gasteiger partial charge in [-0.15, -0.1) is 0 Å². The van der Waals surface area contributed by atoms with Crippen LogP contribution in [-0.2, 0) is 22.4 Å². The van der Waals surface area contributed by atoms with Crippen molar-refractivity contribution in [2.24, 2.45) is 5.92 Å². The van der Waals surface area contributed by atoms with Crippen molar-refractivity contribution in [3.63, 3.8) is 0 Å². The summed E-state index contributed by atoms with van der Waals surface area (Å²) in [4.78, 5) is 9.59. The van der Waals surface area contributed by atoms with Gasteiger partial charge in [0, 0.05) is 6.92 Å². The van der Waals surface area contributed by atoms with E-state index in [1.165, 1.54) is 39.7 Å². The van der Waals surface area contributed by atoms with Crippen molar-refractivity contribution in [3.05, 3.63) is 35.4 Å². The fourth-order valence-electron chi connectivity index (χ4n) is 1.76. The van der Waals surface area contributed by atoms with Gasteiger partial charge < -0.3 is 4.74 Å². The van der Waals surface area contributed by atoms with Crippen molar-refractivity contribution in [2.75, 3.05) is 7.11 Å². The van der Waals surface area contributed by atoms with Crippen molar-refractivity contribution in [2.45, 2.75) is 53.4 Å². The predicted octanol–water partition coefficient (Wildman–Crippen LogP) is 4.41. The van der Waals surface area contributed by atoms with E-state index in [-0.39, 0.29) is 5.97 Å². The molecular weight excluding hydrogens is 236 g/mol. The Morgan fingerprint density at radius 2 is 1.63 bits per heavy atom. The number of rotatable bonds is 5. The van der Waals surface area contributed by atoms with Crippen LogP contribution in [0.5, 0.6) is 0 Å². The molecule has 0 N–H and O–H groups in total. The minimum absolute atomic E-state index is 0.245. The van der Waals surface area contributed by atoms with Crippen LogP contribution in [-0.4, -0.2) is 13.1 Å². The molecule has 0 amide bonds. The van der Waals surface area contributed by atoms with E-state index >= 15 is 0 Å². The van der Waals surface area contributed by atoms with Crippen LogP contribution in [0.3, 0.4) is 0 Å². The maximum absolute atomic E-state index is 9.59. The molecule has 2 nitrogen and oxygen atoms in total. The molecule has 1 rings (SSSR count). The summed E-state index contributed by atoms with van der Waals surface area (Å²) >= 11 is 0. The molecule has 0 saturated carbocycles. The van der Waals surface area contributed by atoms with E-state index in [0.29, 0.717) is 0 Å². The molecule has 0 atom stereocenters. The van der Waals surface area contributed by atoms with Gasteiger partial charge in [0.2, 0.25) is 0 Å². The Hall–Kier alpha value is -1.31. The highest BCUT2D eigenvalue weighted by atomic mass is 16.5. The van der Waals surface area contributed by atoms with Crippen molar-refractivity contribution in [1.29, 1.82) is 0 Å². The topological polar surface area (TPSA) is 26.3 Å². The van der Waals surface area contributed by atoms with Gasteiger partial charge in [-0.1, -0.05) is 51.5 Å². The van der Waals surface area contributed by atoms with Crippen molar-refractivity contribution < 1.29 is 9.53 Å². The number of ether oxygens (including phenoxy) is 1. The lowest BCUT2D eigenvalue weighted by Gasteiger charge is -2.09. The Kier molecular flexibility index (Phi) is 9.87. The second-order valence-corrected chi connectivity index (χ2v) is 5.15. The van der Waals surface area contributed by atoms with E-state index in [0.717, 1.165) is 5.92 Å². The van der Waals surface area contributed by atoms with E-state index in [9.17, 15) is 4.79 Å². The Morgan fingerprint density at radius 1 is 1.16 bits per heavy atom. The zero-order chi connectivity index (χ0) is 14.7. The summed E-state index contributed by atoms with van der Waals surface area (Å²) in [5.41, 5.74) is 3.11. The number of carbonyl (C=O) groups excluding carboxylic acids is 1. The van der Waals surface area contributed by atoms with Gasteiger partial charge in [-0.3, -0.25) is 4.79 Å². The molecule has 1 aromatic rings. The van der Waals surface area contributed by atoms with Gasteiger partial charge in [0.15, 0.2) is 0 Å². The summed E-state index contributed by atoms with van der Waals surface area (Å²) in [5, 5.41) is 0. The average molecular weight is 264 g/mol. The maximum atomic E-state index is 9.59. The second-order valence-electron chi connectivity index (χ2n) is 5.15. The minimum atomic E-state index is -0.245. The largest absolute Gasteiger partial charge is 0.469 e. The van der Waals surface area contributed by atoms with Crippen LogP contribution < -0.4 is 0 Å². The van der Waals surface area contributed by atoms with Crippen LogP contribution in [0.2, 0.25) is 0 Å². The molecular formula is C17H28O2. The molecule has 108 valence electrons. The fourth-order valence-corrected chi connectivity index (χ4v) is 1.76. The first-order chi connectivity index (χ1) is 9.01. The molecule has 0 aliphatic heterocycles. The third-order valence-corrected chi connectivity index (χ3v) is 2.92. The molecule has 0 unspecified atom stereocenters. The number of hydrogen-bond donors (Lipinski definition) is 0. The van der Waals surface area contributed by atoms with Gasteiger partial charge in [-0.05, 0) is 36.3 Å². The van der Waals surface area contributed by atoms with E-state index in [2.05, 4.69) is 49.8 Å². The number of aryl methyl sites for hydroxylation is 2. The van der Waals surface area contributed by atoms with Gasteiger partial charge in [0.1, 0.15) is 0 Å². The molecule has 0 aliphatic carbocycles. The monoisotopic (exact) mass is 264 g/mol. The molecule has 2 heteroatoms. The first kappa shape index (κ1) is 17.7. The molecule has 19 heavy (non-hydrogen) atoms. The first-order valence-electron chi connectivity index (χ1n) is 7.12. The van der Waals surface area contributed by atoms with Gasteiger partial charge >= 0.3 is 5.97 Å². The zero-order valence-electron chi connectivity index (χ0n) is 13.0. The van der Waals surface area contributed by atoms with Crippen molar-refractivity contribution in [3.8, 4) is 0 Å².